The molecular weight excluding hydrogens is 332 g/mol. The fourth-order valence-corrected chi connectivity index (χ4v) is 3.23. The zero-order valence-electron chi connectivity index (χ0n) is 15.4. The molecule has 2 saturated heterocycles. The van der Waals surface area contributed by atoms with E-state index < -0.39 is 0 Å². The molecule has 3 rings (SSSR count). The summed E-state index contributed by atoms with van der Waals surface area (Å²) in [6.07, 6.45) is 1.68. The van der Waals surface area contributed by atoms with Gasteiger partial charge >= 0.3 is 6.03 Å². The van der Waals surface area contributed by atoms with E-state index in [1.807, 2.05) is 0 Å². The first-order valence-corrected chi connectivity index (χ1v) is 9.29. The van der Waals surface area contributed by atoms with Crippen LogP contribution in [0.15, 0.2) is 24.3 Å². The van der Waals surface area contributed by atoms with Crippen LogP contribution >= 0.6 is 0 Å². The van der Waals surface area contributed by atoms with Crippen molar-refractivity contribution in [3.63, 3.8) is 0 Å². The van der Waals surface area contributed by atoms with Crippen LogP contribution in [-0.4, -0.2) is 80.6 Å². The van der Waals surface area contributed by atoms with Gasteiger partial charge in [-0.15, -0.1) is 0 Å². The first kappa shape index (κ1) is 18.8. The number of piperazine rings is 1. The lowest BCUT2D eigenvalue weighted by Crippen LogP contribution is -2.46. The Balaban J connectivity index is 1.46. The van der Waals surface area contributed by atoms with E-state index >= 15 is 0 Å². The van der Waals surface area contributed by atoms with Crippen molar-refractivity contribution in [3.05, 3.63) is 29.8 Å². The quantitative estimate of drug-likeness (QED) is 0.777. The molecule has 2 N–H and O–H groups in total. The Labute approximate surface area is 154 Å². The maximum absolute atomic E-state index is 12.4. The normalized spacial score (nSPS) is 19.9. The number of urea groups is 1. The van der Waals surface area contributed by atoms with Gasteiger partial charge in [-0.1, -0.05) is 0 Å². The summed E-state index contributed by atoms with van der Waals surface area (Å²) in [4.78, 5) is 28.9. The second-order valence-corrected chi connectivity index (χ2v) is 7.07. The van der Waals surface area contributed by atoms with Gasteiger partial charge in [0.25, 0.3) is 0 Å². The molecule has 0 aromatic heterocycles. The Kier molecular flexibility index (Phi) is 6.60. The summed E-state index contributed by atoms with van der Waals surface area (Å²) in [5.41, 5.74) is 1.37. The molecule has 0 radical (unpaired) electrons. The second kappa shape index (κ2) is 9.12. The van der Waals surface area contributed by atoms with Crippen LogP contribution in [0.3, 0.4) is 0 Å². The number of carbonyl (C=O) groups is 2. The topological polar surface area (TPSA) is 73.9 Å². The molecule has 1 aromatic carbocycles. The van der Waals surface area contributed by atoms with Crippen molar-refractivity contribution in [3.8, 4) is 0 Å². The molecule has 2 aliphatic rings. The molecule has 26 heavy (non-hydrogen) atoms. The van der Waals surface area contributed by atoms with Gasteiger partial charge in [0.05, 0.1) is 6.54 Å². The van der Waals surface area contributed by atoms with E-state index in [4.69, 9.17) is 4.74 Å². The number of nitrogens with zero attached hydrogens (tertiary/aromatic N) is 2. The van der Waals surface area contributed by atoms with E-state index in [9.17, 15) is 9.59 Å². The molecule has 2 aliphatic heterocycles. The predicted octanol–water partition coefficient (Wildman–Crippen LogP) is 1.42. The van der Waals surface area contributed by atoms with Crippen molar-refractivity contribution in [1.82, 2.24) is 15.1 Å². The number of anilines is 1. The maximum Gasteiger partial charge on any atom is 0.319 e. The third-order valence-corrected chi connectivity index (χ3v) is 4.98. The van der Waals surface area contributed by atoms with Crippen molar-refractivity contribution >= 4 is 17.5 Å². The number of carbonyl (C=O) groups excluding carboxylic acids is 2. The molecule has 2 fully saturated rings. The zero-order valence-corrected chi connectivity index (χ0v) is 15.4. The van der Waals surface area contributed by atoms with E-state index in [1.54, 1.807) is 24.3 Å². The number of ketones is 1. The Morgan fingerprint density at radius 2 is 1.73 bits per heavy atom. The molecule has 0 saturated carbocycles. The molecule has 0 atom stereocenters. The number of hydrogen-bond acceptors (Lipinski definition) is 5. The van der Waals surface area contributed by atoms with Crippen LogP contribution in [0.25, 0.3) is 0 Å². The SMILES string of the molecule is CN1CCN(CC(=O)c2ccc(NC(=O)NC3CCOCC3)cc2)CC1. The standard InChI is InChI=1S/C19H28N4O3/c1-22-8-10-23(11-9-22)14-18(24)15-2-4-16(5-3-15)20-19(25)21-17-6-12-26-13-7-17/h2-5,17H,6-14H2,1H3,(H2,20,21,25). The molecule has 7 nitrogen and oxygen atoms in total. The minimum atomic E-state index is -0.214. The van der Waals surface area contributed by atoms with E-state index in [1.165, 1.54) is 0 Å². The summed E-state index contributed by atoms with van der Waals surface area (Å²) in [7, 11) is 2.10. The van der Waals surface area contributed by atoms with Crippen molar-refractivity contribution < 1.29 is 14.3 Å². The molecule has 1 aromatic rings. The lowest BCUT2D eigenvalue weighted by molar-refractivity contribution is 0.0806. The van der Waals surface area contributed by atoms with Gasteiger partial charge in [-0.05, 0) is 44.2 Å². The van der Waals surface area contributed by atoms with Gasteiger partial charge in [0.15, 0.2) is 5.78 Å². The third kappa shape index (κ3) is 5.52. The van der Waals surface area contributed by atoms with Crippen molar-refractivity contribution in [1.29, 1.82) is 0 Å². The summed E-state index contributed by atoms with van der Waals surface area (Å²) >= 11 is 0. The van der Waals surface area contributed by atoms with Crippen LogP contribution < -0.4 is 10.6 Å². The highest BCUT2D eigenvalue weighted by molar-refractivity contribution is 5.98. The van der Waals surface area contributed by atoms with Gasteiger partial charge in [-0.2, -0.15) is 0 Å². The lowest BCUT2D eigenvalue weighted by atomic mass is 10.1. The number of likely N-dealkylation sites (N-methyl/N-ethyl adjacent to an activating group) is 1. The molecular formula is C19H28N4O3. The van der Waals surface area contributed by atoms with E-state index in [-0.39, 0.29) is 17.9 Å². The molecule has 0 unspecified atom stereocenters. The molecule has 2 amide bonds. The van der Waals surface area contributed by atoms with Crippen molar-refractivity contribution in [2.45, 2.75) is 18.9 Å². The minimum absolute atomic E-state index is 0.118. The molecule has 142 valence electrons. The Bertz CT molecular complexity index is 606. The number of rotatable bonds is 5. The highest BCUT2D eigenvalue weighted by Crippen LogP contribution is 2.12. The Morgan fingerprint density at radius 3 is 2.38 bits per heavy atom. The smallest absolute Gasteiger partial charge is 0.319 e. The summed E-state index contributed by atoms with van der Waals surface area (Å²) < 4.78 is 5.29. The van der Waals surface area contributed by atoms with Crippen LogP contribution in [0.4, 0.5) is 10.5 Å². The van der Waals surface area contributed by atoms with Crippen LogP contribution in [0.5, 0.6) is 0 Å². The zero-order chi connectivity index (χ0) is 18.4. The van der Waals surface area contributed by atoms with Gasteiger partial charge < -0.3 is 20.3 Å². The van der Waals surface area contributed by atoms with Crippen LogP contribution in [0, 0.1) is 0 Å². The highest BCUT2D eigenvalue weighted by atomic mass is 16.5. The van der Waals surface area contributed by atoms with Gasteiger partial charge in [-0.3, -0.25) is 9.69 Å². The first-order chi connectivity index (χ1) is 12.6. The van der Waals surface area contributed by atoms with Crippen LogP contribution in [0.1, 0.15) is 23.2 Å². The molecule has 7 heteroatoms. The van der Waals surface area contributed by atoms with Gasteiger partial charge in [-0.25, -0.2) is 4.79 Å². The highest BCUT2D eigenvalue weighted by Gasteiger charge is 2.18. The fourth-order valence-electron chi connectivity index (χ4n) is 3.23. The Morgan fingerprint density at radius 1 is 1.08 bits per heavy atom. The van der Waals surface area contributed by atoms with Gasteiger partial charge in [0.2, 0.25) is 0 Å². The number of Topliss-reactive ketones (excluding diaryl/α,β-unsaturated/α-hetero) is 1. The third-order valence-electron chi connectivity index (χ3n) is 4.98. The number of benzene rings is 1. The molecule has 0 aliphatic carbocycles. The van der Waals surface area contributed by atoms with Crippen LogP contribution in [-0.2, 0) is 4.74 Å². The number of ether oxygens (including phenoxy) is 1. The van der Waals surface area contributed by atoms with Crippen LogP contribution in [0.2, 0.25) is 0 Å². The maximum atomic E-state index is 12.4. The Hall–Kier alpha value is -1.96. The minimum Gasteiger partial charge on any atom is -0.381 e. The molecule has 0 spiro atoms. The summed E-state index contributed by atoms with van der Waals surface area (Å²) in [6, 6.07) is 7.06. The van der Waals surface area contributed by atoms with Gasteiger partial charge in [0.1, 0.15) is 0 Å². The van der Waals surface area contributed by atoms with Crippen molar-refractivity contribution in [2.24, 2.45) is 0 Å². The average Bonchev–Trinajstić information content (AvgIpc) is 2.65. The van der Waals surface area contributed by atoms with E-state index in [2.05, 4.69) is 27.5 Å². The summed E-state index contributed by atoms with van der Waals surface area (Å²) in [5.74, 6) is 0.118. The second-order valence-electron chi connectivity index (χ2n) is 7.07. The van der Waals surface area contributed by atoms with E-state index in [0.29, 0.717) is 31.0 Å². The number of amides is 2. The molecule has 0 bridgehead atoms. The predicted molar refractivity (Wildman–Crippen MR) is 101 cm³/mol. The number of nitrogens with one attached hydrogen (secondary N) is 2. The lowest BCUT2D eigenvalue weighted by Gasteiger charge is -2.31. The number of hydrogen-bond donors (Lipinski definition) is 2. The summed E-state index contributed by atoms with van der Waals surface area (Å²) in [6.45, 7) is 5.67. The fraction of sp³-hybridized carbons (Fsp3) is 0.579. The van der Waals surface area contributed by atoms with Crippen molar-refractivity contribution in [2.75, 3.05) is 58.3 Å². The average molecular weight is 360 g/mol. The van der Waals surface area contributed by atoms with E-state index in [0.717, 1.165) is 39.0 Å². The monoisotopic (exact) mass is 360 g/mol. The summed E-state index contributed by atoms with van der Waals surface area (Å²) in [5, 5.41) is 5.78. The first-order valence-electron chi connectivity index (χ1n) is 9.29. The largest absolute Gasteiger partial charge is 0.381 e. The molecule has 2 heterocycles. The van der Waals surface area contributed by atoms with Gasteiger partial charge in [0, 0.05) is 56.7 Å².